The van der Waals surface area contributed by atoms with Gasteiger partial charge in [0.15, 0.2) is 0 Å². The van der Waals surface area contributed by atoms with E-state index in [4.69, 9.17) is 4.74 Å². The lowest BCUT2D eigenvalue weighted by atomic mass is 10.2. The molecule has 0 atom stereocenters. The summed E-state index contributed by atoms with van der Waals surface area (Å²) in [7, 11) is 1.99. The first-order valence-electron chi connectivity index (χ1n) is 6.51. The van der Waals surface area contributed by atoms with Gasteiger partial charge in [-0.15, -0.1) is 0 Å². The number of hydrogen-bond acceptors (Lipinski definition) is 4. The van der Waals surface area contributed by atoms with E-state index in [1.165, 1.54) is 0 Å². The lowest BCUT2D eigenvalue weighted by molar-refractivity contribution is 0.112. The molecule has 1 aromatic heterocycles. The van der Waals surface area contributed by atoms with E-state index in [0.29, 0.717) is 12.2 Å². The number of benzene rings is 1. The summed E-state index contributed by atoms with van der Waals surface area (Å²) in [6.45, 7) is 3.35. The Morgan fingerprint density at radius 1 is 1.25 bits per heavy atom. The van der Waals surface area contributed by atoms with Gasteiger partial charge in [0.2, 0.25) is 0 Å². The second kappa shape index (κ2) is 6.70. The van der Waals surface area contributed by atoms with Gasteiger partial charge in [0.1, 0.15) is 24.5 Å². The van der Waals surface area contributed by atoms with Crippen LogP contribution < -0.4 is 9.64 Å². The number of aldehydes is 1. The summed E-state index contributed by atoms with van der Waals surface area (Å²) in [6.07, 6.45) is 2.61. The van der Waals surface area contributed by atoms with Crippen LogP contribution in [0.3, 0.4) is 0 Å². The summed E-state index contributed by atoms with van der Waals surface area (Å²) in [6, 6.07) is 11.1. The van der Waals surface area contributed by atoms with E-state index in [0.717, 1.165) is 30.0 Å². The monoisotopic (exact) mass is 270 g/mol. The first-order chi connectivity index (χ1) is 9.70. The zero-order valence-electron chi connectivity index (χ0n) is 11.7. The number of likely N-dealkylation sites (N-methyl/N-ethyl adjacent to an activating group) is 1. The first kappa shape index (κ1) is 14.1. The second-order valence-corrected chi connectivity index (χ2v) is 4.60. The molecule has 0 aliphatic carbocycles. The smallest absolute Gasteiger partial charge is 0.150 e. The van der Waals surface area contributed by atoms with E-state index >= 15 is 0 Å². The molecule has 0 aliphatic rings. The molecule has 0 saturated carbocycles. The molecule has 0 amide bonds. The van der Waals surface area contributed by atoms with Crippen LogP contribution in [0.1, 0.15) is 15.9 Å². The van der Waals surface area contributed by atoms with Gasteiger partial charge in [0.25, 0.3) is 0 Å². The van der Waals surface area contributed by atoms with Crippen LogP contribution in [0.4, 0.5) is 5.82 Å². The van der Waals surface area contributed by atoms with E-state index in [9.17, 15) is 4.79 Å². The molecule has 0 unspecified atom stereocenters. The molecule has 0 N–H and O–H groups in total. The Bertz CT molecular complexity index is 567. The number of rotatable bonds is 6. The number of carbonyl (C=O) groups is 1. The summed E-state index contributed by atoms with van der Waals surface area (Å²) in [5.74, 6) is 1.73. The molecular formula is C16H18N2O2. The fraction of sp³-hybridized carbons (Fsp3) is 0.250. The maximum Gasteiger partial charge on any atom is 0.150 e. The molecule has 0 fully saturated rings. The van der Waals surface area contributed by atoms with E-state index in [-0.39, 0.29) is 0 Å². The lowest BCUT2D eigenvalue weighted by Crippen LogP contribution is -2.25. The average molecular weight is 270 g/mol. The third kappa shape index (κ3) is 3.57. The van der Waals surface area contributed by atoms with Gasteiger partial charge in [0, 0.05) is 18.8 Å². The van der Waals surface area contributed by atoms with Crippen molar-refractivity contribution >= 4 is 12.1 Å². The zero-order chi connectivity index (χ0) is 14.4. The minimum absolute atomic E-state index is 0.562. The molecule has 0 radical (unpaired) electrons. The largest absolute Gasteiger partial charge is 0.492 e. The number of ether oxygens (including phenoxy) is 1. The normalized spacial score (nSPS) is 10.1. The van der Waals surface area contributed by atoms with Crippen molar-refractivity contribution in [3.63, 3.8) is 0 Å². The van der Waals surface area contributed by atoms with Gasteiger partial charge in [0.05, 0.1) is 6.54 Å². The molecule has 2 rings (SSSR count). The van der Waals surface area contributed by atoms with Crippen LogP contribution in [0.2, 0.25) is 0 Å². The van der Waals surface area contributed by atoms with Gasteiger partial charge in [-0.3, -0.25) is 4.79 Å². The molecule has 104 valence electrons. The van der Waals surface area contributed by atoms with Crippen molar-refractivity contribution in [3.8, 4) is 5.75 Å². The van der Waals surface area contributed by atoms with Gasteiger partial charge < -0.3 is 9.64 Å². The number of aryl methyl sites for hydroxylation is 1. The van der Waals surface area contributed by atoms with Gasteiger partial charge in [-0.05, 0) is 42.8 Å². The summed E-state index contributed by atoms with van der Waals surface area (Å²) < 4.78 is 5.65. The number of nitrogens with zero attached hydrogens (tertiary/aromatic N) is 2. The number of carbonyl (C=O) groups excluding carboxylic acids is 1. The highest BCUT2D eigenvalue weighted by molar-refractivity contribution is 5.74. The lowest BCUT2D eigenvalue weighted by Gasteiger charge is -2.20. The highest BCUT2D eigenvalue weighted by Crippen LogP contribution is 2.14. The second-order valence-electron chi connectivity index (χ2n) is 4.60. The van der Waals surface area contributed by atoms with Crippen LogP contribution in [0.15, 0.2) is 42.6 Å². The van der Waals surface area contributed by atoms with E-state index < -0.39 is 0 Å². The van der Waals surface area contributed by atoms with E-state index in [1.54, 1.807) is 30.5 Å². The van der Waals surface area contributed by atoms with E-state index in [2.05, 4.69) is 9.88 Å². The minimum atomic E-state index is 0.562. The molecule has 20 heavy (non-hydrogen) atoms. The van der Waals surface area contributed by atoms with Crippen molar-refractivity contribution < 1.29 is 9.53 Å². The predicted octanol–water partition coefficient (Wildman–Crippen LogP) is 2.72. The fourth-order valence-corrected chi connectivity index (χ4v) is 1.93. The Morgan fingerprint density at radius 2 is 2.00 bits per heavy atom. The molecule has 0 aliphatic heterocycles. The molecule has 0 spiro atoms. The number of aromatic nitrogens is 1. The van der Waals surface area contributed by atoms with Crippen LogP contribution in [0.25, 0.3) is 0 Å². The average Bonchev–Trinajstić information content (AvgIpc) is 2.48. The van der Waals surface area contributed by atoms with Crippen molar-refractivity contribution in [1.29, 1.82) is 0 Å². The van der Waals surface area contributed by atoms with E-state index in [1.807, 2.05) is 26.1 Å². The van der Waals surface area contributed by atoms with Crippen molar-refractivity contribution in [2.45, 2.75) is 6.92 Å². The van der Waals surface area contributed by atoms with Crippen molar-refractivity contribution in [2.24, 2.45) is 0 Å². The zero-order valence-corrected chi connectivity index (χ0v) is 11.7. The van der Waals surface area contributed by atoms with Gasteiger partial charge >= 0.3 is 0 Å². The van der Waals surface area contributed by atoms with Crippen LogP contribution in [0, 0.1) is 6.92 Å². The predicted molar refractivity (Wildman–Crippen MR) is 79.6 cm³/mol. The van der Waals surface area contributed by atoms with Crippen molar-refractivity contribution in [3.05, 3.63) is 53.7 Å². The Kier molecular flexibility index (Phi) is 4.71. The Labute approximate surface area is 119 Å². The van der Waals surface area contributed by atoms with Gasteiger partial charge in [-0.1, -0.05) is 6.07 Å². The SMILES string of the molecule is Cc1cccnc1N(C)CCOc1ccc(C=O)cc1. The summed E-state index contributed by atoms with van der Waals surface area (Å²) in [5, 5.41) is 0. The topological polar surface area (TPSA) is 42.4 Å². The molecule has 1 aromatic carbocycles. The molecular weight excluding hydrogens is 252 g/mol. The quantitative estimate of drug-likeness (QED) is 0.757. The molecule has 4 heteroatoms. The maximum absolute atomic E-state index is 10.6. The van der Waals surface area contributed by atoms with Crippen LogP contribution in [-0.2, 0) is 0 Å². The van der Waals surface area contributed by atoms with Crippen molar-refractivity contribution in [1.82, 2.24) is 4.98 Å². The fourth-order valence-electron chi connectivity index (χ4n) is 1.93. The van der Waals surface area contributed by atoms with Crippen LogP contribution in [-0.4, -0.2) is 31.5 Å². The highest BCUT2D eigenvalue weighted by Gasteiger charge is 2.05. The maximum atomic E-state index is 10.6. The van der Waals surface area contributed by atoms with Gasteiger partial charge in [-0.25, -0.2) is 4.98 Å². The summed E-state index contributed by atoms with van der Waals surface area (Å²) >= 11 is 0. The molecule has 4 nitrogen and oxygen atoms in total. The van der Waals surface area contributed by atoms with Crippen LogP contribution >= 0.6 is 0 Å². The number of hydrogen-bond donors (Lipinski definition) is 0. The number of anilines is 1. The number of pyridine rings is 1. The minimum Gasteiger partial charge on any atom is -0.492 e. The Morgan fingerprint density at radius 3 is 2.65 bits per heavy atom. The standard InChI is InChI=1S/C16H18N2O2/c1-13-4-3-9-17-16(13)18(2)10-11-20-15-7-5-14(12-19)6-8-15/h3-9,12H,10-11H2,1-2H3. The third-order valence-electron chi connectivity index (χ3n) is 3.05. The Balaban J connectivity index is 1.86. The molecule has 2 aromatic rings. The first-order valence-corrected chi connectivity index (χ1v) is 6.51. The van der Waals surface area contributed by atoms with Gasteiger partial charge in [-0.2, -0.15) is 0 Å². The molecule has 1 heterocycles. The molecule has 0 saturated heterocycles. The van der Waals surface area contributed by atoms with Crippen LogP contribution in [0.5, 0.6) is 5.75 Å². The summed E-state index contributed by atoms with van der Waals surface area (Å²) in [5.41, 5.74) is 1.80. The Hall–Kier alpha value is -2.36. The highest BCUT2D eigenvalue weighted by atomic mass is 16.5. The van der Waals surface area contributed by atoms with Crippen molar-refractivity contribution in [2.75, 3.05) is 25.1 Å². The molecule has 0 bridgehead atoms. The summed E-state index contributed by atoms with van der Waals surface area (Å²) in [4.78, 5) is 17.0. The third-order valence-corrected chi connectivity index (χ3v) is 3.05.